The number of rotatable bonds is 2. The van der Waals surface area contributed by atoms with Gasteiger partial charge in [0.1, 0.15) is 0 Å². The van der Waals surface area contributed by atoms with Gasteiger partial charge in [-0.3, -0.25) is 9.97 Å². The number of aromatic nitrogens is 2. The first kappa shape index (κ1) is 11.3. The highest BCUT2D eigenvalue weighted by atomic mass is 16.5. The van der Waals surface area contributed by atoms with Crippen LogP contribution in [0.25, 0.3) is 11.4 Å². The van der Waals surface area contributed by atoms with Crippen molar-refractivity contribution >= 4 is 5.97 Å². The Kier molecular flexibility index (Phi) is 3.14. The summed E-state index contributed by atoms with van der Waals surface area (Å²) in [6.07, 6.45) is 1.71. The van der Waals surface area contributed by atoms with E-state index in [0.717, 1.165) is 11.4 Å². The van der Waals surface area contributed by atoms with E-state index < -0.39 is 0 Å². The van der Waals surface area contributed by atoms with Crippen LogP contribution in [-0.2, 0) is 4.74 Å². The molecule has 0 fully saturated rings. The minimum absolute atomic E-state index is 0.373. The average molecular weight is 228 g/mol. The van der Waals surface area contributed by atoms with E-state index in [2.05, 4.69) is 14.7 Å². The maximum absolute atomic E-state index is 11.4. The van der Waals surface area contributed by atoms with Crippen molar-refractivity contribution in [1.82, 2.24) is 9.97 Å². The van der Waals surface area contributed by atoms with E-state index in [9.17, 15) is 4.79 Å². The largest absolute Gasteiger partial charge is 0.465 e. The molecular weight excluding hydrogens is 216 g/mol. The van der Waals surface area contributed by atoms with Gasteiger partial charge in [0, 0.05) is 6.20 Å². The van der Waals surface area contributed by atoms with Crippen molar-refractivity contribution in [1.29, 1.82) is 0 Å². The second-order valence-electron chi connectivity index (χ2n) is 3.54. The number of methoxy groups -OCH3 is 1. The number of hydrogen-bond acceptors (Lipinski definition) is 4. The highest BCUT2D eigenvalue weighted by Gasteiger charge is 2.11. The first-order chi connectivity index (χ1) is 8.22. The van der Waals surface area contributed by atoms with Gasteiger partial charge in [-0.1, -0.05) is 6.07 Å². The molecule has 0 saturated carbocycles. The molecule has 0 atom stereocenters. The minimum atomic E-state index is -0.373. The molecule has 0 spiro atoms. The van der Waals surface area contributed by atoms with Gasteiger partial charge in [0.05, 0.1) is 29.8 Å². The van der Waals surface area contributed by atoms with Crippen molar-refractivity contribution in [2.75, 3.05) is 7.11 Å². The summed E-state index contributed by atoms with van der Waals surface area (Å²) in [6.45, 7) is 1.78. The predicted molar refractivity (Wildman–Crippen MR) is 63.5 cm³/mol. The van der Waals surface area contributed by atoms with Crippen LogP contribution in [0.15, 0.2) is 36.5 Å². The van der Waals surface area contributed by atoms with Gasteiger partial charge in [-0.2, -0.15) is 0 Å². The lowest BCUT2D eigenvalue weighted by atomic mass is 10.1. The SMILES string of the molecule is COC(=O)c1ccc(-c2ccccn2)nc1C. The third kappa shape index (κ3) is 2.30. The monoisotopic (exact) mass is 228 g/mol. The van der Waals surface area contributed by atoms with Crippen LogP contribution in [0.1, 0.15) is 16.1 Å². The van der Waals surface area contributed by atoms with E-state index in [-0.39, 0.29) is 5.97 Å². The summed E-state index contributed by atoms with van der Waals surface area (Å²) in [5.41, 5.74) is 2.65. The Hall–Kier alpha value is -2.23. The summed E-state index contributed by atoms with van der Waals surface area (Å²) in [5.74, 6) is -0.373. The maximum Gasteiger partial charge on any atom is 0.339 e. The van der Waals surface area contributed by atoms with E-state index >= 15 is 0 Å². The number of carbonyl (C=O) groups is 1. The predicted octanol–water partition coefficient (Wildman–Crippen LogP) is 2.24. The number of pyridine rings is 2. The number of nitrogens with zero attached hydrogens (tertiary/aromatic N) is 2. The van der Waals surface area contributed by atoms with Crippen LogP contribution in [0, 0.1) is 6.92 Å². The van der Waals surface area contributed by atoms with Crippen LogP contribution < -0.4 is 0 Å². The van der Waals surface area contributed by atoms with Gasteiger partial charge in [-0.05, 0) is 31.2 Å². The Balaban J connectivity index is 2.41. The van der Waals surface area contributed by atoms with Crippen molar-refractivity contribution in [3.63, 3.8) is 0 Å². The summed E-state index contributed by atoms with van der Waals surface area (Å²) in [4.78, 5) is 20.0. The second kappa shape index (κ2) is 4.74. The molecule has 0 amide bonds. The normalized spacial score (nSPS) is 10.0. The van der Waals surface area contributed by atoms with Gasteiger partial charge in [-0.15, -0.1) is 0 Å². The van der Waals surface area contributed by atoms with Gasteiger partial charge in [-0.25, -0.2) is 4.79 Å². The van der Waals surface area contributed by atoms with Crippen LogP contribution in [-0.4, -0.2) is 23.0 Å². The zero-order valence-electron chi connectivity index (χ0n) is 9.68. The molecule has 86 valence electrons. The van der Waals surface area contributed by atoms with Crippen LogP contribution in [0.2, 0.25) is 0 Å². The van der Waals surface area contributed by atoms with Gasteiger partial charge in [0.2, 0.25) is 0 Å². The smallest absolute Gasteiger partial charge is 0.339 e. The average Bonchev–Trinajstić information content (AvgIpc) is 2.39. The summed E-state index contributed by atoms with van der Waals surface area (Å²) >= 11 is 0. The number of ether oxygens (including phenoxy) is 1. The Morgan fingerprint density at radius 3 is 2.59 bits per heavy atom. The summed E-state index contributed by atoms with van der Waals surface area (Å²) in [5, 5.41) is 0. The van der Waals surface area contributed by atoms with Crippen molar-refractivity contribution in [3.05, 3.63) is 47.8 Å². The fraction of sp³-hybridized carbons (Fsp3) is 0.154. The first-order valence-corrected chi connectivity index (χ1v) is 5.19. The molecule has 0 unspecified atom stereocenters. The highest BCUT2D eigenvalue weighted by Crippen LogP contribution is 2.16. The molecule has 0 aliphatic heterocycles. The van der Waals surface area contributed by atoms with Gasteiger partial charge in [0.25, 0.3) is 0 Å². The van der Waals surface area contributed by atoms with Crippen molar-refractivity contribution in [2.24, 2.45) is 0 Å². The maximum atomic E-state index is 11.4. The van der Waals surface area contributed by atoms with Crippen LogP contribution in [0.4, 0.5) is 0 Å². The Labute approximate surface area is 99.3 Å². The minimum Gasteiger partial charge on any atom is -0.465 e. The van der Waals surface area contributed by atoms with E-state index in [1.54, 1.807) is 25.3 Å². The topological polar surface area (TPSA) is 52.1 Å². The lowest BCUT2D eigenvalue weighted by molar-refractivity contribution is 0.0599. The molecule has 0 radical (unpaired) electrons. The molecule has 0 N–H and O–H groups in total. The van der Waals surface area contributed by atoms with Crippen LogP contribution in [0.3, 0.4) is 0 Å². The molecule has 2 aromatic rings. The van der Waals surface area contributed by atoms with Gasteiger partial charge >= 0.3 is 5.97 Å². The molecule has 0 saturated heterocycles. The molecule has 17 heavy (non-hydrogen) atoms. The lowest BCUT2D eigenvalue weighted by Gasteiger charge is -2.05. The summed E-state index contributed by atoms with van der Waals surface area (Å²) in [6, 6.07) is 9.09. The number of hydrogen-bond donors (Lipinski definition) is 0. The molecule has 0 aliphatic carbocycles. The van der Waals surface area contributed by atoms with E-state index in [1.165, 1.54) is 7.11 Å². The van der Waals surface area contributed by atoms with E-state index in [0.29, 0.717) is 11.3 Å². The molecule has 4 nitrogen and oxygen atoms in total. The number of aryl methyl sites for hydroxylation is 1. The highest BCUT2D eigenvalue weighted by molar-refractivity contribution is 5.90. The molecule has 0 bridgehead atoms. The van der Waals surface area contributed by atoms with Gasteiger partial charge in [0.15, 0.2) is 0 Å². The fourth-order valence-corrected chi connectivity index (χ4v) is 1.54. The standard InChI is InChI=1S/C13H12N2O2/c1-9-10(13(16)17-2)6-7-12(15-9)11-5-3-4-8-14-11/h3-8H,1-2H3. The molecule has 0 aliphatic rings. The Bertz CT molecular complexity index is 538. The van der Waals surface area contributed by atoms with Gasteiger partial charge < -0.3 is 4.74 Å². The summed E-state index contributed by atoms with van der Waals surface area (Å²) in [7, 11) is 1.36. The first-order valence-electron chi connectivity index (χ1n) is 5.19. The Morgan fingerprint density at radius 1 is 1.18 bits per heavy atom. The molecule has 4 heteroatoms. The molecule has 0 aromatic carbocycles. The van der Waals surface area contributed by atoms with Crippen molar-refractivity contribution in [2.45, 2.75) is 6.92 Å². The number of carbonyl (C=O) groups excluding carboxylic acids is 1. The summed E-state index contributed by atoms with van der Waals surface area (Å²) < 4.78 is 4.67. The second-order valence-corrected chi connectivity index (χ2v) is 3.54. The lowest BCUT2D eigenvalue weighted by Crippen LogP contribution is -2.05. The van der Waals surface area contributed by atoms with Crippen molar-refractivity contribution < 1.29 is 9.53 Å². The Morgan fingerprint density at radius 2 is 2.00 bits per heavy atom. The molecule has 2 rings (SSSR count). The van der Waals surface area contributed by atoms with Crippen LogP contribution in [0.5, 0.6) is 0 Å². The zero-order valence-corrected chi connectivity index (χ0v) is 9.68. The van der Waals surface area contributed by atoms with Crippen LogP contribution >= 0.6 is 0 Å². The molecule has 2 heterocycles. The third-order valence-electron chi connectivity index (χ3n) is 2.42. The van der Waals surface area contributed by atoms with Crippen molar-refractivity contribution in [3.8, 4) is 11.4 Å². The number of esters is 1. The quantitative estimate of drug-likeness (QED) is 0.740. The third-order valence-corrected chi connectivity index (χ3v) is 2.42. The molecule has 2 aromatic heterocycles. The molecular formula is C13H12N2O2. The fourth-order valence-electron chi connectivity index (χ4n) is 1.54. The zero-order chi connectivity index (χ0) is 12.3. The van der Waals surface area contributed by atoms with E-state index in [1.807, 2.05) is 18.2 Å². The van der Waals surface area contributed by atoms with E-state index in [4.69, 9.17) is 0 Å².